The van der Waals surface area contributed by atoms with Gasteiger partial charge in [0.2, 0.25) is 0 Å². The molecule has 0 aliphatic carbocycles. The lowest BCUT2D eigenvalue weighted by Gasteiger charge is -2.13. The first-order valence-electron chi connectivity index (χ1n) is 9.58. The third-order valence-electron chi connectivity index (χ3n) is 4.69. The molecule has 0 aliphatic rings. The molecule has 2 heterocycles. The van der Waals surface area contributed by atoms with Crippen molar-refractivity contribution in [1.82, 2.24) is 9.38 Å². The van der Waals surface area contributed by atoms with Gasteiger partial charge in [-0.3, -0.25) is 14.0 Å². The second kappa shape index (κ2) is 8.21. The number of benzene rings is 2. The van der Waals surface area contributed by atoms with Gasteiger partial charge >= 0.3 is 0 Å². The van der Waals surface area contributed by atoms with Gasteiger partial charge in [-0.1, -0.05) is 35.9 Å². The van der Waals surface area contributed by atoms with Crippen LogP contribution in [-0.2, 0) is 6.61 Å². The van der Waals surface area contributed by atoms with E-state index in [0.717, 1.165) is 11.1 Å². The second-order valence-corrected chi connectivity index (χ2v) is 7.13. The molecule has 0 unspecified atom stereocenters. The fourth-order valence-corrected chi connectivity index (χ4v) is 3.08. The van der Waals surface area contributed by atoms with E-state index in [1.807, 2.05) is 44.2 Å². The quantitative estimate of drug-likeness (QED) is 0.547. The molecule has 2 aromatic carbocycles. The summed E-state index contributed by atoms with van der Waals surface area (Å²) in [4.78, 5) is 29.4. The zero-order chi connectivity index (χ0) is 21.1. The molecule has 150 valence electrons. The van der Waals surface area contributed by atoms with E-state index >= 15 is 0 Å². The van der Waals surface area contributed by atoms with Gasteiger partial charge in [-0.25, -0.2) is 4.98 Å². The Morgan fingerprint density at radius 3 is 2.53 bits per heavy atom. The lowest BCUT2D eigenvalue weighted by atomic mass is 10.1. The fraction of sp³-hybridized carbons (Fsp3) is 0.125. The summed E-state index contributed by atoms with van der Waals surface area (Å²) in [5.74, 6) is 0.285. The van der Waals surface area contributed by atoms with Crippen molar-refractivity contribution in [2.75, 3.05) is 5.32 Å². The highest BCUT2D eigenvalue weighted by molar-refractivity contribution is 6.05. The van der Waals surface area contributed by atoms with E-state index in [1.54, 1.807) is 36.5 Å². The van der Waals surface area contributed by atoms with Crippen LogP contribution in [0.5, 0.6) is 5.75 Å². The Kier molecular flexibility index (Phi) is 5.30. The van der Waals surface area contributed by atoms with Crippen molar-refractivity contribution in [1.29, 1.82) is 0 Å². The number of hydrogen-bond donors (Lipinski definition) is 1. The van der Waals surface area contributed by atoms with Gasteiger partial charge < -0.3 is 10.1 Å². The molecule has 30 heavy (non-hydrogen) atoms. The number of ether oxygens (including phenoxy) is 1. The third kappa shape index (κ3) is 4.22. The van der Waals surface area contributed by atoms with Crippen LogP contribution in [0.15, 0.2) is 77.7 Å². The number of hydrogen-bond acceptors (Lipinski definition) is 4. The Hall–Kier alpha value is -3.93. The van der Waals surface area contributed by atoms with E-state index in [2.05, 4.69) is 10.3 Å². The molecule has 0 bridgehead atoms. The third-order valence-corrected chi connectivity index (χ3v) is 4.69. The number of rotatable bonds is 5. The molecule has 1 N–H and O–H groups in total. The molecule has 2 aromatic heterocycles. The van der Waals surface area contributed by atoms with Crippen LogP contribution in [0, 0.1) is 13.8 Å². The van der Waals surface area contributed by atoms with Crippen LogP contribution in [0.25, 0.3) is 5.65 Å². The van der Waals surface area contributed by atoms with Crippen LogP contribution < -0.4 is 15.6 Å². The molecule has 6 nitrogen and oxygen atoms in total. The molecule has 0 saturated heterocycles. The van der Waals surface area contributed by atoms with Crippen LogP contribution in [-0.4, -0.2) is 15.3 Å². The van der Waals surface area contributed by atoms with E-state index in [1.165, 1.54) is 10.5 Å². The molecule has 0 fully saturated rings. The molecule has 0 aliphatic heterocycles. The van der Waals surface area contributed by atoms with Crippen molar-refractivity contribution in [2.45, 2.75) is 20.5 Å². The van der Waals surface area contributed by atoms with Crippen molar-refractivity contribution in [3.63, 3.8) is 0 Å². The smallest absolute Gasteiger partial charge is 0.258 e. The van der Waals surface area contributed by atoms with Crippen molar-refractivity contribution < 1.29 is 9.53 Å². The molecule has 0 saturated carbocycles. The number of amides is 1. The van der Waals surface area contributed by atoms with Crippen LogP contribution in [0.4, 0.5) is 5.69 Å². The van der Waals surface area contributed by atoms with Crippen molar-refractivity contribution in [3.05, 3.63) is 106 Å². The van der Waals surface area contributed by atoms with Gasteiger partial charge in [0.05, 0.1) is 11.4 Å². The predicted octanol–water partition coefficient (Wildman–Crippen LogP) is 4.14. The number of aryl methyl sites for hydroxylation is 2. The van der Waals surface area contributed by atoms with Gasteiger partial charge in [0, 0.05) is 17.8 Å². The molecule has 4 rings (SSSR count). The van der Waals surface area contributed by atoms with Gasteiger partial charge in [0.25, 0.3) is 11.5 Å². The highest BCUT2D eigenvalue weighted by Gasteiger charge is 2.11. The number of para-hydroxylation sites is 2. The summed E-state index contributed by atoms with van der Waals surface area (Å²) in [5, 5.41) is 2.88. The number of carbonyl (C=O) groups excluding carboxylic acids is 1. The van der Waals surface area contributed by atoms with E-state index in [9.17, 15) is 9.59 Å². The first kappa shape index (κ1) is 19.4. The number of fused-ring (bicyclic) bond motifs is 1. The van der Waals surface area contributed by atoms with Crippen LogP contribution in [0.1, 0.15) is 27.2 Å². The lowest BCUT2D eigenvalue weighted by molar-refractivity contribution is 0.102. The maximum absolute atomic E-state index is 12.5. The summed E-state index contributed by atoms with van der Waals surface area (Å²) in [6, 6.07) is 19.7. The van der Waals surface area contributed by atoms with Crippen molar-refractivity contribution in [3.8, 4) is 5.75 Å². The highest BCUT2D eigenvalue weighted by atomic mass is 16.5. The molecule has 6 heteroatoms. The second-order valence-electron chi connectivity index (χ2n) is 7.13. The normalized spacial score (nSPS) is 10.7. The molecule has 0 atom stereocenters. The minimum Gasteiger partial charge on any atom is -0.485 e. The van der Waals surface area contributed by atoms with Crippen LogP contribution in [0.3, 0.4) is 0 Å². The van der Waals surface area contributed by atoms with Gasteiger partial charge in [0.1, 0.15) is 18.0 Å². The Labute approximate surface area is 173 Å². The first-order valence-corrected chi connectivity index (χ1v) is 9.58. The summed E-state index contributed by atoms with van der Waals surface area (Å²) >= 11 is 0. The van der Waals surface area contributed by atoms with Gasteiger partial charge in [-0.2, -0.15) is 0 Å². The highest BCUT2D eigenvalue weighted by Crippen LogP contribution is 2.25. The van der Waals surface area contributed by atoms with Gasteiger partial charge in [0.15, 0.2) is 0 Å². The fourth-order valence-electron chi connectivity index (χ4n) is 3.08. The topological polar surface area (TPSA) is 72.7 Å². The average molecular weight is 399 g/mol. The standard InChI is InChI=1S/C24H21N3O3/c1-16-7-10-18(11-8-16)24(29)26-20-5-3-4-6-21(20)30-15-19-13-23(28)27-14-17(2)9-12-22(27)25-19/h3-14H,15H2,1-2H3,(H,26,29). The van der Waals surface area contributed by atoms with E-state index in [4.69, 9.17) is 4.74 Å². The minimum atomic E-state index is -0.219. The van der Waals surface area contributed by atoms with E-state index < -0.39 is 0 Å². The largest absolute Gasteiger partial charge is 0.485 e. The molecule has 0 radical (unpaired) electrons. The first-order chi connectivity index (χ1) is 14.5. The monoisotopic (exact) mass is 399 g/mol. The average Bonchev–Trinajstić information content (AvgIpc) is 2.74. The maximum Gasteiger partial charge on any atom is 0.258 e. The maximum atomic E-state index is 12.5. The summed E-state index contributed by atoms with van der Waals surface area (Å²) in [7, 11) is 0. The van der Waals surface area contributed by atoms with E-state index in [-0.39, 0.29) is 18.1 Å². The Morgan fingerprint density at radius 2 is 1.73 bits per heavy atom. The molecular weight excluding hydrogens is 378 g/mol. The number of anilines is 1. The summed E-state index contributed by atoms with van der Waals surface area (Å²) in [6.07, 6.45) is 1.76. The van der Waals surface area contributed by atoms with Gasteiger partial charge in [-0.05, 0) is 49.7 Å². The minimum absolute atomic E-state index is 0.108. The predicted molar refractivity (Wildman–Crippen MR) is 116 cm³/mol. The Balaban J connectivity index is 1.53. The number of pyridine rings is 1. The summed E-state index contributed by atoms with van der Waals surface area (Å²) < 4.78 is 7.39. The van der Waals surface area contributed by atoms with Crippen molar-refractivity contribution in [2.24, 2.45) is 0 Å². The van der Waals surface area contributed by atoms with Crippen LogP contribution in [0.2, 0.25) is 0 Å². The molecule has 0 spiro atoms. The zero-order valence-electron chi connectivity index (χ0n) is 16.8. The molecule has 1 amide bonds. The number of nitrogens with zero attached hydrogens (tertiary/aromatic N) is 2. The number of aromatic nitrogens is 2. The molecular formula is C24H21N3O3. The van der Waals surface area contributed by atoms with Crippen molar-refractivity contribution >= 4 is 17.2 Å². The Morgan fingerprint density at radius 1 is 1.00 bits per heavy atom. The summed E-state index contributed by atoms with van der Waals surface area (Å²) in [5.41, 5.74) is 4.10. The zero-order valence-corrected chi connectivity index (χ0v) is 16.8. The van der Waals surface area contributed by atoms with Crippen LogP contribution >= 0.6 is 0 Å². The summed E-state index contributed by atoms with van der Waals surface area (Å²) in [6.45, 7) is 4.00. The van der Waals surface area contributed by atoms with E-state index in [0.29, 0.717) is 28.3 Å². The van der Waals surface area contributed by atoms with Gasteiger partial charge in [-0.15, -0.1) is 0 Å². The SMILES string of the molecule is Cc1ccc(C(=O)Nc2ccccc2OCc2cc(=O)n3cc(C)ccc3n2)cc1. The molecule has 4 aromatic rings. The number of nitrogens with one attached hydrogen (secondary N) is 1. The number of carbonyl (C=O) groups is 1. The lowest BCUT2D eigenvalue weighted by Crippen LogP contribution is -2.17. The Bertz CT molecular complexity index is 1280.